The van der Waals surface area contributed by atoms with Crippen molar-refractivity contribution in [1.29, 1.82) is 0 Å². The summed E-state index contributed by atoms with van der Waals surface area (Å²) in [4.78, 5) is 3.66. The highest BCUT2D eigenvalue weighted by atomic mass is 35.5. The number of aliphatic hydroxyl groups excluding tert-OH is 1. The van der Waals surface area contributed by atoms with E-state index in [4.69, 9.17) is 16.7 Å². The molecule has 0 saturated carbocycles. The van der Waals surface area contributed by atoms with E-state index < -0.39 is 13.0 Å². The predicted octanol–water partition coefficient (Wildman–Crippen LogP) is 2.47. The van der Waals surface area contributed by atoms with E-state index in [0.29, 0.717) is 5.56 Å². The summed E-state index contributed by atoms with van der Waals surface area (Å²) in [6, 6.07) is 0. The molecule has 0 radical (unpaired) electrons. The van der Waals surface area contributed by atoms with Crippen LogP contribution in [0.4, 0.5) is 8.78 Å². The second kappa shape index (κ2) is 3.98. The van der Waals surface area contributed by atoms with Crippen LogP contribution in [0.25, 0.3) is 0 Å². The van der Waals surface area contributed by atoms with Gasteiger partial charge in [0.25, 0.3) is 6.43 Å². The molecule has 0 saturated heterocycles. The van der Waals surface area contributed by atoms with Crippen molar-refractivity contribution in [2.45, 2.75) is 20.0 Å². The van der Waals surface area contributed by atoms with Crippen molar-refractivity contribution in [3.05, 3.63) is 28.0 Å². The van der Waals surface area contributed by atoms with Crippen molar-refractivity contribution >= 4 is 11.6 Å². The van der Waals surface area contributed by atoms with Crippen LogP contribution in [0, 0.1) is 6.92 Å². The van der Waals surface area contributed by atoms with Gasteiger partial charge in [-0.3, -0.25) is 0 Å². The molecule has 0 aliphatic carbocycles. The summed E-state index contributed by atoms with van der Waals surface area (Å²) < 4.78 is 24.9. The zero-order chi connectivity index (χ0) is 10.0. The third-order valence-corrected chi connectivity index (χ3v) is 2.07. The van der Waals surface area contributed by atoms with Gasteiger partial charge in [0, 0.05) is 17.3 Å². The Morgan fingerprint density at radius 3 is 2.62 bits per heavy atom. The Hall–Kier alpha value is -0.740. The normalized spacial score (nSPS) is 10.9. The van der Waals surface area contributed by atoms with Gasteiger partial charge in [0.15, 0.2) is 0 Å². The van der Waals surface area contributed by atoms with Gasteiger partial charge in [-0.25, -0.2) is 13.8 Å². The molecule has 0 unspecified atom stereocenters. The highest BCUT2D eigenvalue weighted by Gasteiger charge is 2.18. The number of pyridine rings is 1. The molecule has 0 aliphatic rings. The third kappa shape index (κ3) is 1.95. The van der Waals surface area contributed by atoms with Gasteiger partial charge in [0.1, 0.15) is 5.15 Å². The Morgan fingerprint density at radius 1 is 1.62 bits per heavy atom. The minimum atomic E-state index is -2.64. The Kier molecular flexibility index (Phi) is 3.17. The fourth-order valence-electron chi connectivity index (χ4n) is 1.10. The lowest BCUT2D eigenvalue weighted by Crippen LogP contribution is -2.01. The standard InChI is InChI=1S/C8H8ClF2NO/c1-4-2-12-7(9)5(3-13)6(4)8(10)11/h2,8,13H,3H2,1H3. The highest BCUT2D eigenvalue weighted by Crippen LogP contribution is 2.29. The number of rotatable bonds is 2. The first-order valence-corrected chi connectivity index (χ1v) is 3.98. The second-order valence-electron chi connectivity index (χ2n) is 2.58. The van der Waals surface area contributed by atoms with Gasteiger partial charge in [-0.1, -0.05) is 11.6 Å². The van der Waals surface area contributed by atoms with E-state index >= 15 is 0 Å². The van der Waals surface area contributed by atoms with Crippen LogP contribution in [0.5, 0.6) is 0 Å². The molecule has 0 fully saturated rings. The average molecular weight is 208 g/mol. The number of aromatic nitrogens is 1. The summed E-state index contributed by atoms with van der Waals surface area (Å²) in [7, 11) is 0. The Bertz CT molecular complexity index is 317. The summed E-state index contributed by atoms with van der Waals surface area (Å²) in [5.74, 6) is 0. The van der Waals surface area contributed by atoms with E-state index in [1.807, 2.05) is 0 Å². The topological polar surface area (TPSA) is 33.1 Å². The summed E-state index contributed by atoms with van der Waals surface area (Å²) in [6.45, 7) is 0.983. The summed E-state index contributed by atoms with van der Waals surface area (Å²) in [5.41, 5.74) is 0.127. The van der Waals surface area contributed by atoms with E-state index in [2.05, 4.69) is 4.98 Å². The maximum Gasteiger partial charge on any atom is 0.264 e. The van der Waals surface area contributed by atoms with Crippen LogP contribution >= 0.6 is 11.6 Å². The molecule has 1 rings (SSSR count). The fourth-order valence-corrected chi connectivity index (χ4v) is 1.31. The maximum absolute atomic E-state index is 12.5. The van der Waals surface area contributed by atoms with E-state index in [1.54, 1.807) is 0 Å². The van der Waals surface area contributed by atoms with Crippen LogP contribution in [-0.4, -0.2) is 10.1 Å². The molecule has 5 heteroatoms. The van der Waals surface area contributed by atoms with Gasteiger partial charge in [0.2, 0.25) is 0 Å². The first-order valence-electron chi connectivity index (χ1n) is 3.60. The zero-order valence-electron chi connectivity index (χ0n) is 6.89. The third-order valence-electron chi connectivity index (χ3n) is 1.75. The smallest absolute Gasteiger partial charge is 0.264 e. The number of hydrogen-bond donors (Lipinski definition) is 1. The Balaban J connectivity index is 3.35. The van der Waals surface area contributed by atoms with Crippen LogP contribution < -0.4 is 0 Å². The van der Waals surface area contributed by atoms with Crippen LogP contribution in [0.2, 0.25) is 5.15 Å². The number of aliphatic hydroxyl groups is 1. The zero-order valence-corrected chi connectivity index (χ0v) is 7.65. The summed E-state index contributed by atoms with van der Waals surface area (Å²) in [6.07, 6.45) is -1.37. The lowest BCUT2D eigenvalue weighted by atomic mass is 10.1. The van der Waals surface area contributed by atoms with Crippen LogP contribution in [0.15, 0.2) is 6.20 Å². The molecule has 0 aliphatic heterocycles. The highest BCUT2D eigenvalue weighted by molar-refractivity contribution is 6.30. The first-order chi connectivity index (χ1) is 6.07. The van der Waals surface area contributed by atoms with E-state index in [-0.39, 0.29) is 16.3 Å². The largest absolute Gasteiger partial charge is 0.392 e. The van der Waals surface area contributed by atoms with E-state index in [9.17, 15) is 8.78 Å². The minimum Gasteiger partial charge on any atom is -0.392 e. The molecular weight excluding hydrogens is 200 g/mol. The van der Waals surface area contributed by atoms with Crippen molar-refractivity contribution in [2.24, 2.45) is 0 Å². The lowest BCUT2D eigenvalue weighted by molar-refractivity contribution is 0.146. The summed E-state index contributed by atoms with van der Waals surface area (Å²) in [5, 5.41) is 8.75. The quantitative estimate of drug-likeness (QED) is 0.756. The number of halogens is 3. The molecule has 1 heterocycles. The van der Waals surface area contributed by atoms with Gasteiger partial charge in [-0.2, -0.15) is 0 Å². The van der Waals surface area contributed by atoms with Crippen LogP contribution in [-0.2, 0) is 6.61 Å². The maximum atomic E-state index is 12.5. The molecule has 0 bridgehead atoms. The van der Waals surface area contributed by atoms with Gasteiger partial charge in [-0.05, 0) is 12.5 Å². The first kappa shape index (κ1) is 10.3. The van der Waals surface area contributed by atoms with Crippen molar-refractivity contribution in [2.75, 3.05) is 0 Å². The second-order valence-corrected chi connectivity index (χ2v) is 2.94. The number of alkyl halides is 2. The average Bonchev–Trinajstić information content (AvgIpc) is 2.07. The molecule has 0 atom stereocenters. The number of nitrogens with zero attached hydrogens (tertiary/aromatic N) is 1. The lowest BCUT2D eigenvalue weighted by Gasteiger charge is -2.10. The molecule has 2 nitrogen and oxygen atoms in total. The fraction of sp³-hybridized carbons (Fsp3) is 0.375. The molecule has 1 aromatic heterocycles. The molecule has 1 N–H and O–H groups in total. The van der Waals surface area contributed by atoms with Crippen molar-refractivity contribution < 1.29 is 13.9 Å². The van der Waals surface area contributed by atoms with Crippen LogP contribution in [0.3, 0.4) is 0 Å². The monoisotopic (exact) mass is 207 g/mol. The van der Waals surface area contributed by atoms with Crippen molar-refractivity contribution in [1.82, 2.24) is 4.98 Å². The Morgan fingerprint density at radius 2 is 2.23 bits per heavy atom. The number of aryl methyl sites for hydroxylation is 1. The minimum absolute atomic E-state index is 0.0108. The molecular formula is C8H8ClF2NO. The molecule has 13 heavy (non-hydrogen) atoms. The number of hydrogen-bond acceptors (Lipinski definition) is 2. The molecule has 72 valence electrons. The molecule has 0 amide bonds. The van der Waals surface area contributed by atoms with E-state index in [1.165, 1.54) is 13.1 Å². The Labute approximate surface area is 79.2 Å². The van der Waals surface area contributed by atoms with Crippen LogP contribution in [0.1, 0.15) is 23.1 Å². The van der Waals surface area contributed by atoms with Gasteiger partial charge >= 0.3 is 0 Å². The van der Waals surface area contributed by atoms with E-state index in [0.717, 1.165) is 0 Å². The van der Waals surface area contributed by atoms with Gasteiger partial charge < -0.3 is 5.11 Å². The van der Waals surface area contributed by atoms with Gasteiger partial charge in [-0.15, -0.1) is 0 Å². The molecule has 1 aromatic rings. The van der Waals surface area contributed by atoms with Crippen molar-refractivity contribution in [3.63, 3.8) is 0 Å². The SMILES string of the molecule is Cc1cnc(Cl)c(CO)c1C(F)F. The molecule has 0 spiro atoms. The van der Waals surface area contributed by atoms with Gasteiger partial charge in [0.05, 0.1) is 6.61 Å². The van der Waals surface area contributed by atoms with Crippen molar-refractivity contribution in [3.8, 4) is 0 Å². The predicted molar refractivity (Wildman–Crippen MR) is 44.9 cm³/mol. The summed E-state index contributed by atoms with van der Waals surface area (Å²) >= 11 is 5.54. The molecule has 0 aromatic carbocycles.